The first-order valence-corrected chi connectivity index (χ1v) is 7.96. The van der Waals surface area contributed by atoms with Crippen LogP contribution in [-0.4, -0.2) is 58.2 Å². The average molecular weight is 332 g/mol. The van der Waals surface area contributed by atoms with E-state index in [1.165, 1.54) is 12.0 Å². The maximum absolute atomic E-state index is 12.3. The number of aromatic nitrogens is 3. The van der Waals surface area contributed by atoms with Crippen LogP contribution in [-0.2, 0) is 9.53 Å². The standard InChI is InChI=1S/C16H20N4O4/c1-11-5-3-4-8-19(11)15(21)10-24-20-14-9-12(16(22)23-2)6-7-13(14)17-18-20/h6-7,9,11H,3-5,8,10H2,1-2H3/t11-/m0/s1. The molecule has 0 aliphatic carbocycles. The predicted molar refractivity (Wildman–Crippen MR) is 85.3 cm³/mol. The summed E-state index contributed by atoms with van der Waals surface area (Å²) in [6.07, 6.45) is 3.18. The minimum atomic E-state index is -0.456. The molecule has 0 spiro atoms. The number of rotatable bonds is 4. The third-order valence-electron chi connectivity index (χ3n) is 4.27. The number of methoxy groups -OCH3 is 1. The molecule has 0 radical (unpaired) electrons. The Bertz CT molecular complexity index is 758. The molecule has 128 valence electrons. The van der Waals surface area contributed by atoms with E-state index in [0.717, 1.165) is 25.8 Å². The van der Waals surface area contributed by atoms with E-state index in [2.05, 4.69) is 10.3 Å². The molecule has 1 aromatic heterocycles. The number of carbonyl (C=O) groups is 2. The number of piperidine rings is 1. The third-order valence-corrected chi connectivity index (χ3v) is 4.27. The molecule has 1 fully saturated rings. The van der Waals surface area contributed by atoms with Gasteiger partial charge in [0.25, 0.3) is 5.91 Å². The maximum Gasteiger partial charge on any atom is 0.337 e. The van der Waals surface area contributed by atoms with Gasteiger partial charge in [0.2, 0.25) is 0 Å². The van der Waals surface area contributed by atoms with E-state index in [0.29, 0.717) is 16.6 Å². The molecule has 8 heteroatoms. The molecule has 1 saturated heterocycles. The van der Waals surface area contributed by atoms with Crippen LogP contribution in [0.3, 0.4) is 0 Å². The van der Waals surface area contributed by atoms with Crippen LogP contribution >= 0.6 is 0 Å². The molecule has 1 atom stereocenters. The zero-order chi connectivity index (χ0) is 17.1. The molecule has 1 amide bonds. The van der Waals surface area contributed by atoms with E-state index in [-0.39, 0.29) is 18.6 Å². The molecule has 2 heterocycles. The van der Waals surface area contributed by atoms with Gasteiger partial charge in [-0.2, -0.15) is 0 Å². The highest BCUT2D eigenvalue weighted by molar-refractivity contribution is 5.93. The summed E-state index contributed by atoms with van der Waals surface area (Å²) >= 11 is 0. The lowest BCUT2D eigenvalue weighted by Crippen LogP contribution is -2.45. The fraction of sp³-hybridized carbons (Fsp3) is 0.500. The zero-order valence-corrected chi connectivity index (χ0v) is 13.8. The summed E-state index contributed by atoms with van der Waals surface area (Å²) in [7, 11) is 1.32. The second-order valence-electron chi connectivity index (χ2n) is 5.86. The van der Waals surface area contributed by atoms with Gasteiger partial charge < -0.3 is 14.5 Å². The molecule has 0 N–H and O–H groups in total. The van der Waals surface area contributed by atoms with Gasteiger partial charge in [-0.3, -0.25) is 4.79 Å². The van der Waals surface area contributed by atoms with E-state index in [1.807, 2.05) is 11.8 Å². The maximum atomic E-state index is 12.3. The SMILES string of the molecule is COC(=O)c1ccc2nnn(OCC(=O)N3CCCC[C@@H]3C)c2c1. The van der Waals surface area contributed by atoms with Gasteiger partial charge in [-0.05, 0) is 49.6 Å². The minimum Gasteiger partial charge on any atom is -0.465 e. The molecule has 8 nitrogen and oxygen atoms in total. The first-order chi connectivity index (χ1) is 11.6. The number of ether oxygens (including phenoxy) is 1. The summed E-state index contributed by atoms with van der Waals surface area (Å²) in [6, 6.07) is 5.07. The van der Waals surface area contributed by atoms with Crippen molar-refractivity contribution in [3.63, 3.8) is 0 Å². The van der Waals surface area contributed by atoms with Crippen molar-refractivity contribution in [3.8, 4) is 0 Å². The summed E-state index contributed by atoms with van der Waals surface area (Å²) in [5.74, 6) is -0.530. The van der Waals surface area contributed by atoms with Crippen molar-refractivity contribution in [2.45, 2.75) is 32.2 Å². The van der Waals surface area contributed by atoms with Gasteiger partial charge in [0.05, 0.1) is 12.7 Å². The minimum absolute atomic E-state index is 0.0741. The summed E-state index contributed by atoms with van der Waals surface area (Å²) < 4.78 is 4.70. The number of likely N-dealkylation sites (tertiary alicyclic amines) is 1. The van der Waals surface area contributed by atoms with Crippen LogP contribution in [0.15, 0.2) is 18.2 Å². The molecule has 2 aromatic rings. The second kappa shape index (κ2) is 6.86. The lowest BCUT2D eigenvalue weighted by Gasteiger charge is -2.33. The van der Waals surface area contributed by atoms with Crippen LogP contribution < -0.4 is 4.84 Å². The van der Waals surface area contributed by atoms with Crippen LogP contribution in [0.4, 0.5) is 0 Å². The van der Waals surface area contributed by atoms with E-state index >= 15 is 0 Å². The summed E-state index contributed by atoms with van der Waals surface area (Å²) in [5.41, 5.74) is 1.45. The van der Waals surface area contributed by atoms with Crippen molar-refractivity contribution in [3.05, 3.63) is 23.8 Å². The highest BCUT2D eigenvalue weighted by atomic mass is 16.7. The number of carbonyl (C=O) groups excluding carboxylic acids is 2. The topological polar surface area (TPSA) is 86.5 Å². The molecule has 3 rings (SSSR count). The molecule has 1 aliphatic heterocycles. The Labute approximate surface area is 139 Å². The summed E-state index contributed by atoms with van der Waals surface area (Å²) in [6.45, 7) is 2.68. The molecule has 0 saturated carbocycles. The molecule has 1 aromatic carbocycles. The smallest absolute Gasteiger partial charge is 0.337 e. The highest BCUT2D eigenvalue weighted by Gasteiger charge is 2.23. The molecule has 0 unspecified atom stereocenters. The lowest BCUT2D eigenvalue weighted by molar-refractivity contribution is -0.140. The predicted octanol–water partition coefficient (Wildman–Crippen LogP) is 1.05. The Hall–Kier alpha value is -2.64. The van der Waals surface area contributed by atoms with Gasteiger partial charge >= 0.3 is 5.97 Å². The first kappa shape index (κ1) is 16.2. The Balaban J connectivity index is 1.73. The van der Waals surface area contributed by atoms with Crippen molar-refractivity contribution < 1.29 is 19.2 Å². The number of hydrogen-bond acceptors (Lipinski definition) is 6. The molecular formula is C16H20N4O4. The summed E-state index contributed by atoms with van der Waals surface area (Å²) in [4.78, 5) is 32.5. The quantitative estimate of drug-likeness (QED) is 0.778. The van der Waals surface area contributed by atoms with Crippen molar-refractivity contribution in [2.75, 3.05) is 20.3 Å². The van der Waals surface area contributed by atoms with Crippen molar-refractivity contribution >= 4 is 22.9 Å². The van der Waals surface area contributed by atoms with Gasteiger partial charge in [0.1, 0.15) is 11.0 Å². The number of amides is 1. The van der Waals surface area contributed by atoms with E-state index < -0.39 is 5.97 Å². The fourth-order valence-corrected chi connectivity index (χ4v) is 2.91. The number of fused-ring (bicyclic) bond motifs is 1. The van der Waals surface area contributed by atoms with Gasteiger partial charge in [-0.15, -0.1) is 5.10 Å². The van der Waals surface area contributed by atoms with Crippen LogP contribution in [0.2, 0.25) is 0 Å². The Morgan fingerprint density at radius 1 is 1.33 bits per heavy atom. The second-order valence-corrected chi connectivity index (χ2v) is 5.86. The molecule has 24 heavy (non-hydrogen) atoms. The van der Waals surface area contributed by atoms with Crippen molar-refractivity contribution in [1.82, 2.24) is 20.1 Å². The van der Waals surface area contributed by atoms with Crippen LogP contribution in [0.1, 0.15) is 36.5 Å². The van der Waals surface area contributed by atoms with E-state index in [9.17, 15) is 9.59 Å². The van der Waals surface area contributed by atoms with Gasteiger partial charge in [0, 0.05) is 12.6 Å². The Morgan fingerprint density at radius 3 is 2.92 bits per heavy atom. The summed E-state index contributed by atoms with van der Waals surface area (Å²) in [5, 5.41) is 7.84. The monoisotopic (exact) mass is 332 g/mol. The lowest BCUT2D eigenvalue weighted by atomic mass is 10.0. The zero-order valence-electron chi connectivity index (χ0n) is 13.8. The van der Waals surface area contributed by atoms with Crippen molar-refractivity contribution in [1.29, 1.82) is 0 Å². The molecule has 0 bridgehead atoms. The normalized spacial score (nSPS) is 17.8. The van der Waals surface area contributed by atoms with Crippen LogP contribution in [0.25, 0.3) is 11.0 Å². The number of nitrogens with zero attached hydrogens (tertiary/aromatic N) is 4. The molecule has 1 aliphatic rings. The number of hydrogen-bond donors (Lipinski definition) is 0. The molecular weight excluding hydrogens is 312 g/mol. The van der Waals surface area contributed by atoms with Gasteiger partial charge in [0.15, 0.2) is 6.61 Å². The van der Waals surface area contributed by atoms with Crippen molar-refractivity contribution in [2.24, 2.45) is 0 Å². The van der Waals surface area contributed by atoms with Crippen LogP contribution in [0, 0.1) is 0 Å². The van der Waals surface area contributed by atoms with E-state index in [4.69, 9.17) is 9.57 Å². The average Bonchev–Trinajstić information content (AvgIpc) is 3.01. The Kier molecular flexibility index (Phi) is 4.64. The third kappa shape index (κ3) is 3.17. The highest BCUT2D eigenvalue weighted by Crippen LogP contribution is 2.17. The van der Waals surface area contributed by atoms with Crippen LogP contribution in [0.5, 0.6) is 0 Å². The number of benzene rings is 1. The van der Waals surface area contributed by atoms with Gasteiger partial charge in [-0.25, -0.2) is 4.79 Å². The van der Waals surface area contributed by atoms with Gasteiger partial charge in [-0.1, -0.05) is 4.85 Å². The number of esters is 1. The van der Waals surface area contributed by atoms with E-state index in [1.54, 1.807) is 18.2 Å². The fourth-order valence-electron chi connectivity index (χ4n) is 2.91. The largest absolute Gasteiger partial charge is 0.465 e. The Morgan fingerprint density at radius 2 is 2.17 bits per heavy atom. The first-order valence-electron chi connectivity index (χ1n) is 7.96.